The zero-order valence-electron chi connectivity index (χ0n) is 11.7. The Balaban J connectivity index is 2.27. The van der Waals surface area contributed by atoms with E-state index < -0.39 is 7.12 Å². The topological polar surface area (TPSA) is 51.6 Å². The predicted octanol–water partition coefficient (Wildman–Crippen LogP) is 1.65. The average Bonchev–Trinajstić information content (AvgIpc) is 2.48. The van der Waals surface area contributed by atoms with E-state index in [0.717, 1.165) is 5.46 Å². The second-order valence-electron chi connectivity index (χ2n) is 5.68. The number of nitrogens with zero attached hydrogens (tertiary/aromatic N) is 1. The van der Waals surface area contributed by atoms with Crippen LogP contribution in [0.15, 0.2) is 12.3 Å². The van der Waals surface area contributed by atoms with Crippen molar-refractivity contribution in [3.8, 4) is 5.75 Å². The van der Waals surface area contributed by atoms with Crippen molar-refractivity contribution in [1.82, 2.24) is 4.98 Å². The van der Waals surface area contributed by atoms with Gasteiger partial charge in [-0.3, -0.25) is 4.98 Å². The Morgan fingerprint density at radius 2 is 1.78 bits per heavy atom. The van der Waals surface area contributed by atoms with Crippen LogP contribution in [0, 0.1) is 0 Å². The Labute approximate surface area is 108 Å². The van der Waals surface area contributed by atoms with E-state index in [-0.39, 0.29) is 17.0 Å². The third-order valence-electron chi connectivity index (χ3n) is 3.83. The summed E-state index contributed by atoms with van der Waals surface area (Å²) in [7, 11) is -0.473. The molecule has 1 aliphatic heterocycles. The van der Waals surface area contributed by atoms with Crippen LogP contribution in [0.3, 0.4) is 0 Å². The van der Waals surface area contributed by atoms with E-state index in [4.69, 9.17) is 9.31 Å². The lowest BCUT2D eigenvalue weighted by molar-refractivity contribution is 0.00578. The van der Waals surface area contributed by atoms with Gasteiger partial charge in [-0.15, -0.1) is 0 Å². The lowest BCUT2D eigenvalue weighted by Gasteiger charge is -2.32. The number of aromatic hydroxyl groups is 1. The predicted molar refractivity (Wildman–Crippen MR) is 71.0 cm³/mol. The monoisotopic (exact) mass is 249 g/mol. The molecule has 2 rings (SSSR count). The molecule has 18 heavy (non-hydrogen) atoms. The zero-order chi connectivity index (χ0) is 13.6. The molecule has 1 aliphatic rings. The highest BCUT2D eigenvalue weighted by molar-refractivity contribution is 6.62. The smallest absolute Gasteiger partial charge is 0.496 e. The van der Waals surface area contributed by atoms with Gasteiger partial charge in [0.2, 0.25) is 0 Å². The number of pyridine rings is 1. The van der Waals surface area contributed by atoms with E-state index in [1.54, 1.807) is 12.3 Å². The molecule has 5 heteroatoms. The summed E-state index contributed by atoms with van der Waals surface area (Å²) in [6, 6.07) is 1.67. The highest BCUT2D eigenvalue weighted by Crippen LogP contribution is 2.36. The maximum absolute atomic E-state index is 9.84. The van der Waals surface area contributed by atoms with Crippen molar-refractivity contribution in [2.24, 2.45) is 0 Å². The molecule has 1 saturated heterocycles. The third-order valence-corrected chi connectivity index (χ3v) is 3.83. The molecule has 1 aromatic heterocycles. The van der Waals surface area contributed by atoms with Crippen molar-refractivity contribution in [3.05, 3.63) is 18.0 Å². The molecule has 0 bridgehead atoms. The Bertz CT molecular complexity index is 444. The molecule has 1 N–H and O–H groups in total. The number of rotatable bonds is 2. The summed E-state index contributed by atoms with van der Waals surface area (Å²) in [5.74, 6) is 0.199. The van der Waals surface area contributed by atoms with Crippen LogP contribution in [0.5, 0.6) is 5.75 Å². The van der Waals surface area contributed by atoms with Crippen molar-refractivity contribution in [2.75, 3.05) is 0 Å². The quantitative estimate of drug-likeness (QED) is 0.809. The van der Waals surface area contributed by atoms with Gasteiger partial charge in [-0.25, -0.2) is 0 Å². The van der Waals surface area contributed by atoms with Gasteiger partial charge < -0.3 is 14.4 Å². The largest absolute Gasteiger partial charge is 0.506 e. The second kappa shape index (κ2) is 4.25. The van der Waals surface area contributed by atoms with Crippen LogP contribution in [0.2, 0.25) is 0 Å². The van der Waals surface area contributed by atoms with Gasteiger partial charge in [0.25, 0.3) is 0 Å². The van der Waals surface area contributed by atoms with Crippen molar-refractivity contribution in [2.45, 2.75) is 52.2 Å². The molecule has 0 amide bonds. The fourth-order valence-electron chi connectivity index (χ4n) is 1.88. The van der Waals surface area contributed by atoms with Gasteiger partial charge in [-0.2, -0.15) is 0 Å². The number of aromatic nitrogens is 1. The molecule has 4 nitrogen and oxygen atoms in total. The van der Waals surface area contributed by atoms with Crippen LogP contribution < -0.4 is 5.46 Å². The van der Waals surface area contributed by atoms with E-state index in [1.165, 1.54) is 0 Å². The normalized spacial score (nSPS) is 21.3. The van der Waals surface area contributed by atoms with Crippen LogP contribution >= 0.6 is 0 Å². The Hall–Kier alpha value is -1.07. The SMILES string of the molecule is CCc1ncc(B2OC(C)(C)C(C)(C)O2)cc1O. The highest BCUT2D eigenvalue weighted by Gasteiger charge is 2.51. The van der Waals surface area contributed by atoms with Gasteiger partial charge in [-0.05, 0) is 40.2 Å². The molecule has 1 aromatic rings. The molecule has 0 saturated carbocycles. The van der Waals surface area contributed by atoms with Gasteiger partial charge in [0, 0.05) is 11.7 Å². The fourth-order valence-corrected chi connectivity index (χ4v) is 1.88. The van der Waals surface area contributed by atoms with Crippen molar-refractivity contribution >= 4 is 12.6 Å². The minimum Gasteiger partial charge on any atom is -0.506 e. The molecule has 0 aliphatic carbocycles. The molecule has 98 valence electrons. The fraction of sp³-hybridized carbons (Fsp3) is 0.615. The first-order valence-electron chi connectivity index (χ1n) is 6.30. The van der Waals surface area contributed by atoms with E-state index in [0.29, 0.717) is 12.1 Å². The molecule has 0 atom stereocenters. The van der Waals surface area contributed by atoms with Crippen molar-refractivity contribution in [3.63, 3.8) is 0 Å². The van der Waals surface area contributed by atoms with E-state index in [9.17, 15) is 5.11 Å². The lowest BCUT2D eigenvalue weighted by Crippen LogP contribution is -2.41. The van der Waals surface area contributed by atoms with Gasteiger partial charge in [-0.1, -0.05) is 6.92 Å². The van der Waals surface area contributed by atoms with Crippen molar-refractivity contribution in [1.29, 1.82) is 0 Å². The summed E-state index contributed by atoms with van der Waals surface area (Å²) in [4.78, 5) is 4.23. The first kappa shape index (κ1) is 13.4. The van der Waals surface area contributed by atoms with Gasteiger partial charge in [0.15, 0.2) is 0 Å². The Morgan fingerprint density at radius 3 is 2.22 bits per heavy atom. The van der Waals surface area contributed by atoms with E-state index in [2.05, 4.69) is 4.98 Å². The first-order valence-corrected chi connectivity index (χ1v) is 6.30. The molecular weight excluding hydrogens is 229 g/mol. The molecule has 1 fully saturated rings. The number of hydrogen-bond acceptors (Lipinski definition) is 4. The number of aryl methyl sites for hydroxylation is 1. The molecular formula is C13H20BNO3. The first-order chi connectivity index (χ1) is 8.27. The summed E-state index contributed by atoms with van der Waals surface area (Å²) in [6.07, 6.45) is 2.41. The average molecular weight is 249 g/mol. The molecule has 0 aromatic carbocycles. The van der Waals surface area contributed by atoms with Crippen LogP contribution in [0.25, 0.3) is 0 Å². The standard InChI is InChI=1S/C13H20BNO3/c1-6-10-11(16)7-9(8-15-10)14-17-12(2,3)13(4,5)18-14/h7-8,16H,6H2,1-5H3. The van der Waals surface area contributed by atoms with Gasteiger partial charge in [0.1, 0.15) is 5.75 Å². The van der Waals surface area contributed by atoms with Crippen LogP contribution in [-0.2, 0) is 15.7 Å². The zero-order valence-corrected chi connectivity index (χ0v) is 11.7. The highest BCUT2D eigenvalue weighted by atomic mass is 16.7. The van der Waals surface area contributed by atoms with E-state index >= 15 is 0 Å². The molecule has 0 spiro atoms. The van der Waals surface area contributed by atoms with E-state index in [1.807, 2.05) is 34.6 Å². The Kier molecular flexibility index (Phi) is 3.15. The maximum Gasteiger partial charge on any atom is 0.496 e. The van der Waals surface area contributed by atoms with Crippen LogP contribution in [0.1, 0.15) is 40.3 Å². The van der Waals surface area contributed by atoms with Gasteiger partial charge in [0.05, 0.1) is 16.9 Å². The third kappa shape index (κ3) is 2.13. The van der Waals surface area contributed by atoms with Gasteiger partial charge >= 0.3 is 7.12 Å². The molecule has 2 heterocycles. The lowest BCUT2D eigenvalue weighted by atomic mass is 9.80. The minimum absolute atomic E-state index is 0.199. The summed E-state index contributed by atoms with van der Waals surface area (Å²) < 4.78 is 11.8. The summed E-state index contributed by atoms with van der Waals surface area (Å²) >= 11 is 0. The van der Waals surface area contributed by atoms with Crippen molar-refractivity contribution < 1.29 is 14.4 Å². The maximum atomic E-state index is 9.84. The van der Waals surface area contributed by atoms with Crippen LogP contribution in [0.4, 0.5) is 0 Å². The second-order valence-corrected chi connectivity index (χ2v) is 5.68. The minimum atomic E-state index is -0.473. The van der Waals surface area contributed by atoms with Crippen LogP contribution in [-0.4, -0.2) is 28.4 Å². The molecule has 0 radical (unpaired) electrons. The molecule has 0 unspecified atom stereocenters. The number of hydrogen-bond donors (Lipinski definition) is 1. The Morgan fingerprint density at radius 1 is 1.22 bits per heavy atom. The summed E-state index contributed by atoms with van der Waals surface area (Å²) in [5.41, 5.74) is 0.687. The summed E-state index contributed by atoms with van der Waals surface area (Å²) in [6.45, 7) is 9.96. The summed E-state index contributed by atoms with van der Waals surface area (Å²) in [5, 5.41) is 9.84.